The highest BCUT2D eigenvalue weighted by molar-refractivity contribution is 6.07. The van der Waals surface area contributed by atoms with Crippen LogP contribution in [0.5, 0.6) is 5.75 Å². The summed E-state index contributed by atoms with van der Waals surface area (Å²) in [7, 11) is 1.85. The third-order valence-corrected chi connectivity index (χ3v) is 5.44. The smallest absolute Gasteiger partial charge is 0.259 e. The minimum absolute atomic E-state index is 0.176. The zero-order chi connectivity index (χ0) is 22.0. The fourth-order valence-corrected chi connectivity index (χ4v) is 4.07. The maximum absolute atomic E-state index is 12.7. The number of nitrogens with one attached hydrogen (secondary N) is 2. The second-order valence-corrected chi connectivity index (χ2v) is 8.16. The van der Waals surface area contributed by atoms with Gasteiger partial charge in [0.2, 0.25) is 0 Å². The van der Waals surface area contributed by atoms with E-state index in [1.165, 1.54) is 11.1 Å². The second kappa shape index (κ2) is 8.77. The van der Waals surface area contributed by atoms with Crippen LogP contribution in [-0.2, 0) is 7.05 Å². The minimum atomic E-state index is -0.291. The van der Waals surface area contributed by atoms with E-state index < -0.39 is 0 Å². The van der Waals surface area contributed by atoms with E-state index in [9.17, 15) is 4.79 Å². The van der Waals surface area contributed by atoms with Gasteiger partial charge < -0.3 is 21.1 Å². The molecule has 2 aromatic heterocycles. The molecule has 0 spiro atoms. The number of nitrogens with zero attached hydrogens (tertiary/aromatic N) is 3. The van der Waals surface area contributed by atoms with Crippen molar-refractivity contribution in [2.45, 2.75) is 32.2 Å². The summed E-state index contributed by atoms with van der Waals surface area (Å²) in [5.74, 6) is 0.982. The number of aromatic nitrogens is 3. The van der Waals surface area contributed by atoms with Gasteiger partial charge in [-0.2, -0.15) is 5.10 Å². The van der Waals surface area contributed by atoms with Crippen molar-refractivity contribution < 1.29 is 9.53 Å². The van der Waals surface area contributed by atoms with Gasteiger partial charge in [0.05, 0.1) is 16.9 Å². The van der Waals surface area contributed by atoms with Crippen molar-refractivity contribution in [3.63, 3.8) is 0 Å². The Kier molecular flexibility index (Phi) is 5.90. The molecule has 1 aromatic carbocycles. The molecule has 31 heavy (non-hydrogen) atoms. The topological polar surface area (TPSA) is 107 Å². The number of anilines is 2. The Labute approximate surface area is 181 Å². The van der Waals surface area contributed by atoms with Crippen LogP contribution in [0.4, 0.5) is 11.5 Å². The molecule has 162 valence electrons. The summed E-state index contributed by atoms with van der Waals surface area (Å²) in [6.07, 6.45) is 4.25. The van der Waals surface area contributed by atoms with Crippen molar-refractivity contribution in [3.05, 3.63) is 65.1 Å². The van der Waals surface area contributed by atoms with Gasteiger partial charge in [-0.3, -0.25) is 9.48 Å². The van der Waals surface area contributed by atoms with Crippen molar-refractivity contribution in [1.29, 1.82) is 0 Å². The number of pyridine rings is 1. The summed E-state index contributed by atoms with van der Waals surface area (Å²) in [6.45, 7) is 5.50. The molecule has 3 aromatic rings. The molecule has 2 atom stereocenters. The minimum Gasteiger partial charge on any atom is -0.492 e. The number of nitrogens with two attached hydrogens (primary N) is 1. The lowest BCUT2D eigenvalue weighted by molar-refractivity contribution is 0.102. The van der Waals surface area contributed by atoms with Crippen molar-refractivity contribution in [2.75, 3.05) is 24.2 Å². The zero-order valence-corrected chi connectivity index (χ0v) is 18.1. The third kappa shape index (κ3) is 4.86. The van der Waals surface area contributed by atoms with E-state index in [4.69, 9.17) is 10.5 Å². The van der Waals surface area contributed by atoms with E-state index in [0.29, 0.717) is 17.9 Å². The maximum atomic E-state index is 12.7. The normalized spacial score (nSPS) is 18.2. The molecule has 0 bridgehead atoms. The van der Waals surface area contributed by atoms with Crippen LogP contribution in [0.2, 0.25) is 0 Å². The molecule has 1 fully saturated rings. The van der Waals surface area contributed by atoms with Crippen molar-refractivity contribution in [3.8, 4) is 5.75 Å². The number of amides is 1. The van der Waals surface area contributed by atoms with Crippen molar-refractivity contribution in [1.82, 2.24) is 20.1 Å². The van der Waals surface area contributed by atoms with Gasteiger partial charge in [0, 0.05) is 37.9 Å². The highest BCUT2D eigenvalue weighted by Gasteiger charge is 2.30. The molecule has 4 rings (SSSR count). The van der Waals surface area contributed by atoms with Crippen molar-refractivity contribution in [2.24, 2.45) is 7.05 Å². The summed E-state index contributed by atoms with van der Waals surface area (Å²) in [6, 6.07) is 9.80. The quantitative estimate of drug-likeness (QED) is 0.566. The van der Waals surface area contributed by atoms with Crippen molar-refractivity contribution >= 4 is 17.4 Å². The summed E-state index contributed by atoms with van der Waals surface area (Å²) in [5, 5.41) is 11.1. The molecular formula is C23H28N6O2. The zero-order valence-electron chi connectivity index (χ0n) is 18.1. The fourth-order valence-electron chi connectivity index (χ4n) is 4.07. The van der Waals surface area contributed by atoms with Gasteiger partial charge >= 0.3 is 0 Å². The van der Waals surface area contributed by atoms with E-state index in [2.05, 4.69) is 52.8 Å². The predicted octanol–water partition coefficient (Wildman–Crippen LogP) is 2.79. The summed E-state index contributed by atoms with van der Waals surface area (Å²) in [5.41, 5.74) is 10.1. The van der Waals surface area contributed by atoms with Crippen LogP contribution in [0.25, 0.3) is 0 Å². The molecule has 0 aliphatic carbocycles. The Hall–Kier alpha value is -3.39. The number of carbonyl (C=O) groups is 1. The highest BCUT2D eigenvalue weighted by Crippen LogP contribution is 2.31. The number of hydrogen-bond donors (Lipinski definition) is 3. The number of ether oxygens (including phenoxy) is 1. The van der Waals surface area contributed by atoms with Crippen LogP contribution < -0.4 is 21.1 Å². The summed E-state index contributed by atoms with van der Waals surface area (Å²) < 4.78 is 7.75. The lowest BCUT2D eigenvalue weighted by atomic mass is 10.0. The van der Waals surface area contributed by atoms with Gasteiger partial charge in [-0.1, -0.05) is 6.07 Å². The van der Waals surface area contributed by atoms with Gasteiger partial charge in [-0.05, 0) is 55.7 Å². The first kappa shape index (κ1) is 20.9. The van der Waals surface area contributed by atoms with Gasteiger partial charge in [0.25, 0.3) is 5.91 Å². The van der Waals surface area contributed by atoms with E-state index in [-0.39, 0.29) is 23.7 Å². The Morgan fingerprint density at radius 2 is 2.10 bits per heavy atom. The monoisotopic (exact) mass is 420 g/mol. The fraction of sp³-hybridized carbons (Fsp3) is 0.348. The molecule has 1 aliphatic heterocycles. The third-order valence-electron chi connectivity index (χ3n) is 5.44. The molecule has 1 saturated heterocycles. The molecule has 0 saturated carbocycles. The molecule has 8 heteroatoms. The first-order valence-corrected chi connectivity index (χ1v) is 10.4. The molecule has 8 nitrogen and oxygen atoms in total. The van der Waals surface area contributed by atoms with Crippen LogP contribution in [-0.4, -0.2) is 39.9 Å². The molecular weight excluding hydrogens is 392 g/mol. The molecule has 4 N–H and O–H groups in total. The number of nitrogen functional groups attached to an aromatic ring is 1. The SMILES string of the molecule is Cc1cc(C)cc(OC[C@@H]2C[C@H](c3nn(C)cc3NC(=O)c3cccnc3N)CN2)c1. The van der Waals surface area contributed by atoms with E-state index in [0.717, 1.165) is 24.4 Å². The maximum Gasteiger partial charge on any atom is 0.259 e. The first-order chi connectivity index (χ1) is 14.9. The Morgan fingerprint density at radius 1 is 1.32 bits per heavy atom. The summed E-state index contributed by atoms with van der Waals surface area (Å²) in [4.78, 5) is 16.7. The average molecular weight is 421 g/mol. The number of rotatable bonds is 6. The Balaban J connectivity index is 1.41. The number of carbonyl (C=O) groups excluding carboxylic acids is 1. The van der Waals surface area contributed by atoms with Gasteiger partial charge in [0.1, 0.15) is 18.2 Å². The van der Waals surface area contributed by atoms with Gasteiger partial charge in [0.15, 0.2) is 0 Å². The standard InChI is InChI=1S/C23H28N6O2/c1-14-7-15(2)9-18(8-14)31-13-17-10-16(11-26-17)21-20(12-29(3)28-21)27-23(30)19-5-4-6-25-22(19)24/h4-9,12,16-17,26H,10-11,13H2,1-3H3,(H2,24,25)(H,27,30)/t16-,17-/m0/s1. The second-order valence-electron chi connectivity index (χ2n) is 8.16. The van der Waals surface area contributed by atoms with Crippen LogP contribution in [0.1, 0.15) is 39.5 Å². The van der Waals surface area contributed by atoms with Crippen LogP contribution in [0, 0.1) is 13.8 Å². The van der Waals surface area contributed by atoms with Crippen LogP contribution in [0.3, 0.4) is 0 Å². The highest BCUT2D eigenvalue weighted by atomic mass is 16.5. The van der Waals surface area contributed by atoms with Crippen LogP contribution in [0.15, 0.2) is 42.7 Å². The van der Waals surface area contributed by atoms with E-state index >= 15 is 0 Å². The van der Waals surface area contributed by atoms with Gasteiger partial charge in [-0.25, -0.2) is 4.98 Å². The average Bonchev–Trinajstić information content (AvgIpc) is 3.32. The largest absolute Gasteiger partial charge is 0.492 e. The van der Waals surface area contributed by atoms with Crippen LogP contribution >= 0.6 is 0 Å². The lowest BCUT2D eigenvalue weighted by Crippen LogP contribution is -2.28. The molecule has 3 heterocycles. The Bertz CT molecular complexity index is 1070. The molecule has 0 radical (unpaired) electrons. The molecule has 1 aliphatic rings. The number of hydrogen-bond acceptors (Lipinski definition) is 6. The number of benzene rings is 1. The lowest BCUT2D eigenvalue weighted by Gasteiger charge is -2.14. The first-order valence-electron chi connectivity index (χ1n) is 10.4. The number of aryl methyl sites for hydroxylation is 3. The van der Waals surface area contributed by atoms with E-state index in [1.807, 2.05) is 13.2 Å². The Morgan fingerprint density at radius 3 is 2.84 bits per heavy atom. The summed E-state index contributed by atoms with van der Waals surface area (Å²) >= 11 is 0. The molecule has 1 amide bonds. The van der Waals surface area contributed by atoms with Gasteiger partial charge in [-0.15, -0.1) is 0 Å². The van der Waals surface area contributed by atoms with E-state index in [1.54, 1.807) is 23.0 Å². The molecule has 0 unspecified atom stereocenters. The predicted molar refractivity (Wildman–Crippen MR) is 120 cm³/mol.